The highest BCUT2D eigenvalue weighted by Crippen LogP contribution is 2.37. The third-order valence-electron chi connectivity index (χ3n) is 4.07. The summed E-state index contributed by atoms with van der Waals surface area (Å²) in [6.45, 7) is 1.23. The fraction of sp³-hybridized carbons (Fsp3) is 0.462. The highest BCUT2D eigenvalue weighted by Gasteiger charge is 2.39. The molecule has 3 atom stereocenters. The molecule has 0 spiro atoms. The lowest BCUT2D eigenvalue weighted by atomic mass is 10.1. The van der Waals surface area contributed by atoms with Crippen LogP contribution in [-0.2, 0) is 4.74 Å². The molecule has 25 heavy (non-hydrogen) atoms. The van der Waals surface area contributed by atoms with E-state index in [-0.39, 0.29) is 23.9 Å². The number of aliphatic hydroxyl groups is 1. The van der Waals surface area contributed by atoms with Gasteiger partial charge in [-0.05, 0) is 9.91 Å². The van der Waals surface area contributed by atoms with Gasteiger partial charge in [-0.1, -0.05) is 11.6 Å². The van der Waals surface area contributed by atoms with Gasteiger partial charge in [-0.3, -0.25) is 14.3 Å². The van der Waals surface area contributed by atoms with Crippen LogP contribution in [0.4, 0.5) is 5.82 Å². The maximum Gasteiger partial charge on any atom is 0.381 e. The summed E-state index contributed by atoms with van der Waals surface area (Å²) in [5.41, 5.74) is -1.41. The van der Waals surface area contributed by atoms with Crippen LogP contribution in [0.15, 0.2) is 22.0 Å². The van der Waals surface area contributed by atoms with Gasteiger partial charge in [-0.15, -0.1) is 0 Å². The maximum absolute atomic E-state index is 12.0. The van der Waals surface area contributed by atoms with E-state index in [2.05, 4.69) is 9.97 Å². The molecule has 1 aliphatic rings. The zero-order chi connectivity index (χ0) is 18.3. The van der Waals surface area contributed by atoms with Crippen LogP contribution in [0.5, 0.6) is 0 Å². The lowest BCUT2D eigenvalue weighted by Crippen LogP contribution is -2.32. The molecular weight excluding hydrogens is 358 g/mol. The number of nitro groups is 1. The molecule has 1 aliphatic heterocycles. The SMILES string of the molecule is Cc1nc([N+](=O)[O-])cn1[C@H]1C[C@H](n2cc(Cl)c(=O)[nH]c2=O)O[C@@H]1CO. The van der Waals surface area contributed by atoms with Crippen molar-refractivity contribution in [3.05, 3.63) is 54.2 Å². The number of H-pyrrole nitrogens is 1. The molecule has 2 aromatic rings. The van der Waals surface area contributed by atoms with Crippen LogP contribution in [-0.4, -0.2) is 41.8 Å². The molecule has 11 nitrogen and oxygen atoms in total. The van der Waals surface area contributed by atoms with Crippen LogP contribution in [0, 0.1) is 17.0 Å². The molecule has 0 aliphatic carbocycles. The molecule has 1 saturated heterocycles. The monoisotopic (exact) mass is 371 g/mol. The Bertz CT molecular complexity index is 934. The van der Waals surface area contributed by atoms with E-state index in [1.807, 2.05) is 0 Å². The van der Waals surface area contributed by atoms with Crippen molar-refractivity contribution in [2.45, 2.75) is 31.7 Å². The smallest absolute Gasteiger partial charge is 0.381 e. The minimum atomic E-state index is -0.801. The Morgan fingerprint density at radius 3 is 2.80 bits per heavy atom. The van der Waals surface area contributed by atoms with Crippen molar-refractivity contribution in [3.8, 4) is 0 Å². The van der Waals surface area contributed by atoms with E-state index in [0.717, 1.165) is 10.8 Å². The fourth-order valence-corrected chi connectivity index (χ4v) is 3.06. The topological polar surface area (TPSA) is 145 Å². The van der Waals surface area contributed by atoms with E-state index in [1.54, 1.807) is 6.92 Å². The number of halogens is 1. The summed E-state index contributed by atoms with van der Waals surface area (Å²) in [6.07, 6.45) is 1.13. The van der Waals surface area contributed by atoms with Gasteiger partial charge in [-0.2, -0.15) is 0 Å². The Hall–Kier alpha value is -2.50. The normalized spacial score (nSPS) is 23.1. The second kappa shape index (κ2) is 6.43. The molecule has 12 heteroatoms. The number of hydrogen-bond donors (Lipinski definition) is 2. The molecule has 0 saturated carbocycles. The van der Waals surface area contributed by atoms with Gasteiger partial charge in [-0.25, -0.2) is 4.79 Å². The Morgan fingerprint density at radius 2 is 2.20 bits per heavy atom. The average Bonchev–Trinajstić information content (AvgIpc) is 3.14. The quantitative estimate of drug-likeness (QED) is 0.573. The maximum atomic E-state index is 12.0. The van der Waals surface area contributed by atoms with Crippen LogP contribution in [0.3, 0.4) is 0 Å². The molecule has 0 bridgehead atoms. The largest absolute Gasteiger partial charge is 0.394 e. The highest BCUT2D eigenvalue weighted by molar-refractivity contribution is 6.30. The molecule has 3 heterocycles. The van der Waals surface area contributed by atoms with Crippen LogP contribution >= 0.6 is 11.6 Å². The zero-order valence-electron chi connectivity index (χ0n) is 13.0. The number of aromatic nitrogens is 4. The second-order valence-electron chi connectivity index (χ2n) is 5.57. The zero-order valence-corrected chi connectivity index (χ0v) is 13.7. The molecule has 3 rings (SSSR count). The molecule has 2 N–H and O–H groups in total. The van der Waals surface area contributed by atoms with Crippen molar-refractivity contribution in [1.82, 2.24) is 19.1 Å². The van der Waals surface area contributed by atoms with Gasteiger partial charge in [0.05, 0.1) is 12.6 Å². The van der Waals surface area contributed by atoms with Crippen LogP contribution < -0.4 is 11.2 Å². The van der Waals surface area contributed by atoms with E-state index in [0.29, 0.717) is 5.82 Å². The third-order valence-corrected chi connectivity index (χ3v) is 4.34. The number of nitrogens with one attached hydrogen (secondary N) is 1. The first-order valence-corrected chi connectivity index (χ1v) is 7.66. The number of aromatic amines is 1. The summed E-state index contributed by atoms with van der Waals surface area (Å²) >= 11 is 5.75. The number of ether oxygens (including phenoxy) is 1. The van der Waals surface area contributed by atoms with Crippen molar-refractivity contribution in [2.24, 2.45) is 0 Å². The predicted molar refractivity (Wildman–Crippen MR) is 84.6 cm³/mol. The lowest BCUT2D eigenvalue weighted by Gasteiger charge is -2.16. The number of nitrogens with zero attached hydrogens (tertiary/aromatic N) is 4. The molecular formula is C13H14ClN5O6. The minimum absolute atomic E-state index is 0.179. The minimum Gasteiger partial charge on any atom is -0.394 e. The van der Waals surface area contributed by atoms with Gasteiger partial charge in [0.15, 0.2) is 0 Å². The Balaban J connectivity index is 1.96. The van der Waals surface area contributed by atoms with Crippen molar-refractivity contribution in [2.75, 3.05) is 6.61 Å². The molecule has 2 aromatic heterocycles. The van der Waals surface area contributed by atoms with Gasteiger partial charge in [0.1, 0.15) is 23.6 Å². The summed E-state index contributed by atoms with van der Waals surface area (Å²) < 4.78 is 8.34. The Kier molecular flexibility index (Phi) is 4.45. The van der Waals surface area contributed by atoms with Gasteiger partial charge in [0.25, 0.3) is 5.56 Å². The van der Waals surface area contributed by atoms with E-state index in [9.17, 15) is 24.8 Å². The number of hydrogen-bond acceptors (Lipinski definition) is 7. The first-order chi connectivity index (χ1) is 11.8. The van der Waals surface area contributed by atoms with Crippen molar-refractivity contribution < 1.29 is 14.8 Å². The van der Waals surface area contributed by atoms with E-state index < -0.39 is 34.5 Å². The van der Waals surface area contributed by atoms with E-state index >= 15 is 0 Å². The van der Waals surface area contributed by atoms with Gasteiger partial charge < -0.3 is 24.5 Å². The molecule has 0 aromatic carbocycles. The van der Waals surface area contributed by atoms with Gasteiger partial charge in [0.2, 0.25) is 5.82 Å². The summed E-state index contributed by atoms with van der Waals surface area (Å²) in [5.74, 6) is 0.0631. The summed E-state index contributed by atoms with van der Waals surface area (Å²) in [5, 5.41) is 20.3. The van der Waals surface area contributed by atoms with Gasteiger partial charge in [0, 0.05) is 19.5 Å². The molecule has 0 amide bonds. The van der Waals surface area contributed by atoms with Crippen molar-refractivity contribution in [3.63, 3.8) is 0 Å². The lowest BCUT2D eigenvalue weighted by molar-refractivity contribution is -0.389. The summed E-state index contributed by atoms with van der Waals surface area (Å²) in [6, 6.07) is -0.478. The van der Waals surface area contributed by atoms with E-state index in [4.69, 9.17) is 16.3 Å². The first-order valence-electron chi connectivity index (χ1n) is 7.29. The number of aliphatic hydroxyl groups excluding tert-OH is 1. The second-order valence-corrected chi connectivity index (χ2v) is 5.98. The molecule has 0 unspecified atom stereocenters. The highest BCUT2D eigenvalue weighted by atomic mass is 35.5. The average molecular weight is 372 g/mol. The van der Waals surface area contributed by atoms with Crippen molar-refractivity contribution >= 4 is 17.4 Å². The predicted octanol–water partition coefficient (Wildman–Crippen LogP) is 0.124. The van der Waals surface area contributed by atoms with Crippen LogP contribution in [0.25, 0.3) is 0 Å². The number of imidazole rings is 1. The summed E-state index contributed by atoms with van der Waals surface area (Å²) in [4.78, 5) is 39.5. The first kappa shape index (κ1) is 17.3. The number of aryl methyl sites for hydroxylation is 1. The standard InChI is InChI=1S/C13H14ClN5O6/c1-6-15-10(19(23)24)4-17(6)8-2-11(25-9(8)5-20)18-3-7(14)12(21)16-13(18)22/h3-4,8-9,11,20H,2,5H2,1H3,(H,16,21,22)/t8-,9+,11+/m0/s1. The van der Waals surface area contributed by atoms with Crippen LogP contribution in [0.2, 0.25) is 5.02 Å². The third kappa shape index (κ3) is 3.08. The van der Waals surface area contributed by atoms with Crippen LogP contribution in [0.1, 0.15) is 24.5 Å². The molecule has 134 valence electrons. The molecule has 0 radical (unpaired) electrons. The molecule has 1 fully saturated rings. The number of rotatable bonds is 4. The Labute approximate surface area is 144 Å². The van der Waals surface area contributed by atoms with E-state index in [1.165, 1.54) is 10.8 Å². The Morgan fingerprint density at radius 1 is 1.48 bits per heavy atom. The summed E-state index contributed by atoms with van der Waals surface area (Å²) in [7, 11) is 0. The van der Waals surface area contributed by atoms with Gasteiger partial charge >= 0.3 is 11.5 Å². The fourth-order valence-electron chi connectivity index (χ4n) is 2.91. The van der Waals surface area contributed by atoms with Crippen molar-refractivity contribution in [1.29, 1.82) is 0 Å².